The fourth-order valence-electron chi connectivity index (χ4n) is 0.918. The zero-order valence-corrected chi connectivity index (χ0v) is 12.8. The average molecular weight is 397 g/mol. The molecule has 0 saturated heterocycles. The maximum atomic E-state index is 11.6. The number of rotatable bonds is 3. The summed E-state index contributed by atoms with van der Waals surface area (Å²) in [7, 11) is -3.28. The highest BCUT2D eigenvalue weighted by atomic mass is 79.9. The van der Waals surface area contributed by atoms with Crippen molar-refractivity contribution in [2.24, 2.45) is 0 Å². The zero-order valence-electron chi connectivity index (χ0n) is 7.25. The molecular formula is C8H6Br2Cl2O2S. The first kappa shape index (κ1) is 13.8. The minimum atomic E-state index is -3.28. The third-order valence-corrected chi connectivity index (χ3v) is 6.90. The van der Waals surface area contributed by atoms with Gasteiger partial charge in [-0.15, -0.1) is 0 Å². The lowest BCUT2D eigenvalue weighted by molar-refractivity contribution is 0.599. The molecule has 0 aromatic heterocycles. The maximum Gasteiger partial charge on any atom is 0.177 e. The monoisotopic (exact) mass is 394 g/mol. The van der Waals surface area contributed by atoms with Crippen LogP contribution in [0.3, 0.4) is 0 Å². The number of benzene rings is 1. The minimum absolute atomic E-state index is 0.135. The molecule has 0 spiro atoms. The molecule has 0 heterocycles. The van der Waals surface area contributed by atoms with Gasteiger partial charge in [-0.25, -0.2) is 8.42 Å². The van der Waals surface area contributed by atoms with E-state index < -0.39 is 12.9 Å². The zero-order chi connectivity index (χ0) is 11.6. The summed E-state index contributed by atoms with van der Waals surface area (Å²) in [6.07, 6.45) is 0. The van der Waals surface area contributed by atoms with E-state index in [1.807, 2.05) is 0 Å². The predicted octanol–water partition coefficient (Wildman–Crippen LogP) is 3.98. The molecule has 0 N–H and O–H groups in total. The Morgan fingerprint density at radius 2 is 1.87 bits per heavy atom. The van der Waals surface area contributed by atoms with Crippen molar-refractivity contribution in [1.29, 1.82) is 0 Å². The lowest BCUT2D eigenvalue weighted by Crippen LogP contribution is -2.11. The molecule has 0 atom stereocenters. The van der Waals surface area contributed by atoms with Crippen molar-refractivity contribution in [3.05, 3.63) is 33.8 Å². The van der Waals surface area contributed by atoms with E-state index in [-0.39, 0.29) is 5.75 Å². The summed E-state index contributed by atoms with van der Waals surface area (Å²) in [5.74, 6) is -0.135. The second-order valence-electron chi connectivity index (χ2n) is 2.80. The van der Waals surface area contributed by atoms with Crippen LogP contribution < -0.4 is 0 Å². The Balaban J connectivity index is 3.01. The Bertz CT molecular complexity index is 460. The fourth-order valence-corrected chi connectivity index (χ4v) is 3.08. The van der Waals surface area contributed by atoms with Gasteiger partial charge in [0.2, 0.25) is 0 Å². The van der Waals surface area contributed by atoms with Crippen LogP contribution in [-0.2, 0) is 15.6 Å². The first-order valence-electron chi connectivity index (χ1n) is 3.76. The van der Waals surface area contributed by atoms with E-state index in [9.17, 15) is 8.42 Å². The van der Waals surface area contributed by atoms with E-state index in [0.29, 0.717) is 15.6 Å². The Kier molecular flexibility index (Phi) is 4.92. The predicted molar refractivity (Wildman–Crippen MR) is 70.7 cm³/mol. The van der Waals surface area contributed by atoms with E-state index in [2.05, 4.69) is 31.9 Å². The van der Waals surface area contributed by atoms with Crippen molar-refractivity contribution in [3.63, 3.8) is 0 Å². The summed E-state index contributed by atoms with van der Waals surface area (Å²) >= 11 is 17.5. The van der Waals surface area contributed by atoms with Gasteiger partial charge in [-0.05, 0) is 17.7 Å². The third-order valence-electron chi connectivity index (χ3n) is 1.64. The molecule has 0 aliphatic carbocycles. The topological polar surface area (TPSA) is 34.1 Å². The highest BCUT2D eigenvalue weighted by molar-refractivity contribution is 9.27. The summed E-state index contributed by atoms with van der Waals surface area (Å²) in [6, 6.07) is 4.73. The van der Waals surface area contributed by atoms with Gasteiger partial charge in [0.05, 0.1) is 5.75 Å². The van der Waals surface area contributed by atoms with Gasteiger partial charge in [0.15, 0.2) is 12.9 Å². The SMILES string of the molecule is O=S(=O)(Cc1ccc(Cl)cc1Cl)C(Br)Br. The van der Waals surface area contributed by atoms with Crippen molar-refractivity contribution in [1.82, 2.24) is 0 Å². The van der Waals surface area contributed by atoms with E-state index in [0.717, 1.165) is 0 Å². The van der Waals surface area contributed by atoms with E-state index >= 15 is 0 Å². The van der Waals surface area contributed by atoms with E-state index in [1.54, 1.807) is 12.1 Å². The highest BCUT2D eigenvalue weighted by Gasteiger charge is 2.21. The van der Waals surface area contributed by atoms with Crippen LogP contribution in [0.2, 0.25) is 10.0 Å². The van der Waals surface area contributed by atoms with Gasteiger partial charge in [-0.2, -0.15) is 0 Å². The number of hydrogen-bond donors (Lipinski definition) is 0. The molecule has 1 aromatic carbocycles. The standard InChI is InChI=1S/C8H6Br2Cl2O2S/c9-8(10)15(13,14)4-5-1-2-6(11)3-7(5)12/h1-3,8H,4H2. The first-order chi connectivity index (χ1) is 6.83. The van der Waals surface area contributed by atoms with Crippen molar-refractivity contribution in [2.75, 3.05) is 0 Å². The van der Waals surface area contributed by atoms with Gasteiger partial charge in [0.25, 0.3) is 0 Å². The summed E-state index contributed by atoms with van der Waals surface area (Å²) in [5, 5.41) is 0.835. The van der Waals surface area contributed by atoms with Gasteiger partial charge >= 0.3 is 0 Å². The summed E-state index contributed by atoms with van der Waals surface area (Å²) in [6.45, 7) is 0. The molecule has 0 unspecified atom stereocenters. The molecule has 0 aliphatic rings. The molecule has 15 heavy (non-hydrogen) atoms. The molecule has 0 bridgehead atoms. The first-order valence-corrected chi connectivity index (χ1v) is 8.07. The lowest BCUT2D eigenvalue weighted by Gasteiger charge is -2.07. The molecule has 1 rings (SSSR count). The number of sulfone groups is 1. The quantitative estimate of drug-likeness (QED) is 0.724. The molecule has 0 fully saturated rings. The van der Waals surface area contributed by atoms with E-state index in [1.165, 1.54) is 6.07 Å². The lowest BCUT2D eigenvalue weighted by atomic mass is 10.2. The van der Waals surface area contributed by atoms with Crippen molar-refractivity contribution in [2.45, 2.75) is 8.82 Å². The Morgan fingerprint density at radius 3 is 2.33 bits per heavy atom. The molecule has 1 aromatic rings. The molecule has 0 aliphatic heterocycles. The van der Waals surface area contributed by atoms with Crippen molar-refractivity contribution < 1.29 is 8.42 Å². The largest absolute Gasteiger partial charge is 0.226 e. The number of halogens is 4. The highest BCUT2D eigenvalue weighted by Crippen LogP contribution is 2.26. The summed E-state index contributed by atoms with van der Waals surface area (Å²) < 4.78 is 22.3. The fraction of sp³-hybridized carbons (Fsp3) is 0.250. The van der Waals surface area contributed by atoms with Crippen LogP contribution in [0.25, 0.3) is 0 Å². The summed E-state index contributed by atoms with van der Waals surface area (Å²) in [5.41, 5.74) is 0.532. The van der Waals surface area contributed by atoms with Crippen LogP contribution in [0.5, 0.6) is 0 Å². The van der Waals surface area contributed by atoms with E-state index in [4.69, 9.17) is 23.2 Å². The molecule has 7 heteroatoms. The molecule has 0 saturated carbocycles. The van der Waals surface area contributed by atoms with Gasteiger partial charge in [-0.3, -0.25) is 0 Å². The molecular weight excluding hydrogens is 391 g/mol. The van der Waals surface area contributed by atoms with Crippen LogP contribution in [0.4, 0.5) is 0 Å². The van der Waals surface area contributed by atoms with Crippen LogP contribution in [0, 0.1) is 0 Å². The minimum Gasteiger partial charge on any atom is -0.226 e. The molecule has 0 radical (unpaired) electrons. The van der Waals surface area contributed by atoms with Crippen LogP contribution in [0.1, 0.15) is 5.56 Å². The number of hydrogen-bond acceptors (Lipinski definition) is 2. The van der Waals surface area contributed by atoms with Crippen LogP contribution in [-0.4, -0.2) is 11.5 Å². The second kappa shape index (κ2) is 5.36. The smallest absolute Gasteiger partial charge is 0.177 e. The van der Waals surface area contributed by atoms with Crippen LogP contribution >= 0.6 is 55.1 Å². The van der Waals surface area contributed by atoms with Crippen molar-refractivity contribution in [3.8, 4) is 0 Å². The molecule has 2 nitrogen and oxygen atoms in total. The average Bonchev–Trinajstić information content (AvgIpc) is 2.09. The van der Waals surface area contributed by atoms with Gasteiger partial charge in [-0.1, -0.05) is 61.1 Å². The van der Waals surface area contributed by atoms with Crippen molar-refractivity contribution >= 4 is 64.9 Å². The molecule has 84 valence electrons. The van der Waals surface area contributed by atoms with Gasteiger partial charge < -0.3 is 0 Å². The Labute approximate surface area is 115 Å². The second-order valence-corrected chi connectivity index (χ2v) is 10.0. The normalized spacial score (nSPS) is 12.1. The van der Waals surface area contributed by atoms with Gasteiger partial charge in [0.1, 0.15) is 0 Å². The van der Waals surface area contributed by atoms with Crippen LogP contribution in [0.15, 0.2) is 18.2 Å². The van der Waals surface area contributed by atoms with Gasteiger partial charge in [0, 0.05) is 10.0 Å². The summed E-state index contributed by atoms with van der Waals surface area (Å²) in [4.78, 5) is 0. The Morgan fingerprint density at radius 1 is 1.27 bits per heavy atom. The third kappa shape index (κ3) is 3.89. The molecule has 0 amide bonds. The maximum absolute atomic E-state index is 11.6. The Hall–Kier alpha value is 0.710. The number of alkyl halides is 2.